The number of aryl methyl sites for hydroxylation is 1. The van der Waals surface area contributed by atoms with Gasteiger partial charge >= 0.3 is 0 Å². The summed E-state index contributed by atoms with van der Waals surface area (Å²) in [4.78, 5) is 16.4. The van der Waals surface area contributed by atoms with Gasteiger partial charge in [0.25, 0.3) is 5.22 Å². The van der Waals surface area contributed by atoms with E-state index in [-0.39, 0.29) is 11.7 Å². The standard InChI is InChI=1S/C18H20N4O3S2/c1-12-20-14(10-26-12)9-17-21-22-18(25-17)27-11-16(23)19-8-7-13-5-3-4-6-15(13)24-2/h3-6,10H,7-9,11H2,1-2H3,(H,19,23). The van der Waals surface area contributed by atoms with Crippen molar-refractivity contribution in [2.24, 2.45) is 0 Å². The molecule has 0 bridgehead atoms. The number of aromatic nitrogens is 3. The highest BCUT2D eigenvalue weighted by atomic mass is 32.2. The average molecular weight is 405 g/mol. The maximum atomic E-state index is 12.0. The minimum Gasteiger partial charge on any atom is -0.496 e. The molecule has 0 fully saturated rings. The Balaban J connectivity index is 1.40. The highest BCUT2D eigenvalue weighted by Gasteiger charge is 2.11. The third kappa shape index (κ3) is 5.80. The fraction of sp³-hybridized carbons (Fsp3) is 0.333. The van der Waals surface area contributed by atoms with Gasteiger partial charge in [-0.1, -0.05) is 30.0 Å². The summed E-state index contributed by atoms with van der Waals surface area (Å²) in [5.74, 6) is 1.47. The molecule has 0 aliphatic rings. The predicted octanol–water partition coefficient (Wildman–Crippen LogP) is 2.88. The van der Waals surface area contributed by atoms with Crippen molar-refractivity contribution >= 4 is 29.0 Å². The van der Waals surface area contributed by atoms with Crippen molar-refractivity contribution in [1.82, 2.24) is 20.5 Å². The lowest BCUT2D eigenvalue weighted by atomic mass is 10.1. The second kappa shape index (κ2) is 9.52. The van der Waals surface area contributed by atoms with Crippen LogP contribution in [0.2, 0.25) is 0 Å². The van der Waals surface area contributed by atoms with Crippen LogP contribution in [-0.4, -0.2) is 40.5 Å². The third-order valence-electron chi connectivity index (χ3n) is 3.68. The quantitative estimate of drug-likeness (QED) is 0.548. The van der Waals surface area contributed by atoms with E-state index in [0.717, 1.165) is 22.0 Å². The van der Waals surface area contributed by atoms with Crippen LogP contribution in [0.15, 0.2) is 39.3 Å². The molecule has 0 aliphatic carbocycles. The molecule has 1 amide bonds. The van der Waals surface area contributed by atoms with Crippen LogP contribution in [0.25, 0.3) is 0 Å². The zero-order chi connectivity index (χ0) is 19.1. The van der Waals surface area contributed by atoms with Crippen LogP contribution in [-0.2, 0) is 17.6 Å². The van der Waals surface area contributed by atoms with Crippen LogP contribution in [0.3, 0.4) is 0 Å². The van der Waals surface area contributed by atoms with E-state index in [9.17, 15) is 4.79 Å². The molecule has 0 aliphatic heterocycles. The van der Waals surface area contributed by atoms with Gasteiger partial charge in [-0.2, -0.15) is 0 Å². The van der Waals surface area contributed by atoms with E-state index >= 15 is 0 Å². The van der Waals surface area contributed by atoms with E-state index in [2.05, 4.69) is 20.5 Å². The lowest BCUT2D eigenvalue weighted by molar-refractivity contribution is -0.118. The Morgan fingerprint density at radius 3 is 2.96 bits per heavy atom. The molecule has 27 heavy (non-hydrogen) atoms. The minimum absolute atomic E-state index is 0.0789. The molecule has 0 unspecified atom stereocenters. The molecule has 7 nitrogen and oxygen atoms in total. The number of ether oxygens (including phenoxy) is 1. The normalized spacial score (nSPS) is 10.7. The van der Waals surface area contributed by atoms with E-state index in [0.29, 0.717) is 30.5 Å². The van der Waals surface area contributed by atoms with Crippen molar-refractivity contribution < 1.29 is 13.9 Å². The largest absolute Gasteiger partial charge is 0.496 e. The topological polar surface area (TPSA) is 90.1 Å². The Kier molecular flexibility index (Phi) is 6.83. The summed E-state index contributed by atoms with van der Waals surface area (Å²) in [5.41, 5.74) is 1.97. The number of nitrogens with zero attached hydrogens (tertiary/aromatic N) is 3. The minimum atomic E-state index is -0.0789. The van der Waals surface area contributed by atoms with E-state index in [1.807, 2.05) is 36.6 Å². The molecule has 0 saturated carbocycles. The zero-order valence-electron chi connectivity index (χ0n) is 15.1. The third-order valence-corrected chi connectivity index (χ3v) is 5.32. The molecule has 2 heterocycles. The number of para-hydroxylation sites is 1. The molecule has 0 saturated heterocycles. The van der Waals surface area contributed by atoms with Crippen molar-refractivity contribution in [2.75, 3.05) is 19.4 Å². The van der Waals surface area contributed by atoms with Crippen molar-refractivity contribution in [3.63, 3.8) is 0 Å². The zero-order valence-corrected chi connectivity index (χ0v) is 16.7. The number of hydrogen-bond donors (Lipinski definition) is 1. The van der Waals surface area contributed by atoms with Crippen molar-refractivity contribution in [3.05, 3.63) is 51.8 Å². The molecular formula is C18H20N4O3S2. The first-order valence-electron chi connectivity index (χ1n) is 8.39. The van der Waals surface area contributed by atoms with Gasteiger partial charge in [0.15, 0.2) is 0 Å². The second-order valence-electron chi connectivity index (χ2n) is 5.70. The summed E-state index contributed by atoms with van der Waals surface area (Å²) in [6.45, 7) is 2.49. The fourth-order valence-electron chi connectivity index (χ4n) is 2.44. The van der Waals surface area contributed by atoms with Crippen LogP contribution in [0.4, 0.5) is 0 Å². The average Bonchev–Trinajstić information content (AvgIpc) is 3.29. The van der Waals surface area contributed by atoms with E-state index in [4.69, 9.17) is 9.15 Å². The number of nitrogens with one attached hydrogen (secondary N) is 1. The summed E-state index contributed by atoms with van der Waals surface area (Å²) >= 11 is 2.81. The highest BCUT2D eigenvalue weighted by Crippen LogP contribution is 2.19. The van der Waals surface area contributed by atoms with Gasteiger partial charge in [0.1, 0.15) is 5.75 Å². The highest BCUT2D eigenvalue weighted by molar-refractivity contribution is 7.99. The first-order valence-corrected chi connectivity index (χ1v) is 10.3. The molecule has 142 valence electrons. The molecule has 0 spiro atoms. The molecular weight excluding hydrogens is 384 g/mol. The van der Waals surface area contributed by atoms with E-state index < -0.39 is 0 Å². The molecule has 3 aromatic rings. The summed E-state index contributed by atoms with van der Waals surface area (Å²) < 4.78 is 10.9. The smallest absolute Gasteiger partial charge is 0.277 e. The lowest BCUT2D eigenvalue weighted by Crippen LogP contribution is -2.27. The molecule has 3 rings (SSSR count). The maximum absolute atomic E-state index is 12.0. The van der Waals surface area contributed by atoms with Crippen LogP contribution in [0.5, 0.6) is 5.75 Å². The van der Waals surface area contributed by atoms with Crippen molar-refractivity contribution in [1.29, 1.82) is 0 Å². The Bertz CT molecular complexity index is 894. The Labute approximate surface area is 165 Å². The monoisotopic (exact) mass is 404 g/mol. The number of thiazole rings is 1. The van der Waals surface area contributed by atoms with Gasteiger partial charge in [-0.05, 0) is 25.0 Å². The maximum Gasteiger partial charge on any atom is 0.277 e. The van der Waals surface area contributed by atoms with Gasteiger partial charge in [-0.15, -0.1) is 21.5 Å². The number of carbonyl (C=O) groups excluding carboxylic acids is 1. The van der Waals surface area contributed by atoms with E-state index in [1.54, 1.807) is 18.4 Å². The summed E-state index contributed by atoms with van der Waals surface area (Å²) in [5, 5.41) is 14.2. The summed E-state index contributed by atoms with van der Waals surface area (Å²) in [7, 11) is 1.64. The van der Waals surface area contributed by atoms with Gasteiger partial charge in [-0.3, -0.25) is 4.79 Å². The van der Waals surface area contributed by atoms with E-state index in [1.165, 1.54) is 11.8 Å². The molecule has 0 atom stereocenters. The SMILES string of the molecule is COc1ccccc1CCNC(=O)CSc1nnc(Cc2csc(C)n2)o1. The first kappa shape index (κ1) is 19.4. The Morgan fingerprint density at radius 2 is 2.19 bits per heavy atom. The van der Waals surface area contributed by atoms with Crippen molar-refractivity contribution in [2.45, 2.75) is 25.0 Å². The first-order chi connectivity index (χ1) is 13.1. The molecule has 2 aromatic heterocycles. The number of rotatable bonds is 9. The molecule has 1 aromatic carbocycles. The van der Waals surface area contributed by atoms with Crippen LogP contribution < -0.4 is 10.1 Å². The summed E-state index contributed by atoms with van der Waals surface area (Å²) in [6.07, 6.45) is 1.21. The molecule has 0 radical (unpaired) electrons. The Morgan fingerprint density at radius 1 is 1.33 bits per heavy atom. The van der Waals surface area contributed by atoms with Gasteiger partial charge in [0.2, 0.25) is 11.8 Å². The predicted molar refractivity (Wildman–Crippen MR) is 104 cm³/mol. The second-order valence-corrected chi connectivity index (χ2v) is 7.69. The molecule has 1 N–H and O–H groups in total. The van der Waals surface area contributed by atoms with Crippen LogP contribution in [0.1, 0.15) is 22.2 Å². The number of hydrogen-bond acceptors (Lipinski definition) is 8. The number of amides is 1. The van der Waals surface area contributed by atoms with Crippen LogP contribution >= 0.6 is 23.1 Å². The van der Waals surface area contributed by atoms with Gasteiger partial charge in [-0.25, -0.2) is 4.98 Å². The number of methoxy groups -OCH3 is 1. The molecule has 9 heteroatoms. The Hall–Kier alpha value is -2.39. The summed E-state index contributed by atoms with van der Waals surface area (Å²) in [6, 6.07) is 7.78. The number of thioether (sulfide) groups is 1. The van der Waals surface area contributed by atoms with Gasteiger partial charge < -0.3 is 14.5 Å². The van der Waals surface area contributed by atoms with Crippen molar-refractivity contribution in [3.8, 4) is 5.75 Å². The van der Waals surface area contributed by atoms with Crippen LogP contribution in [0, 0.1) is 6.92 Å². The van der Waals surface area contributed by atoms with Gasteiger partial charge in [0, 0.05) is 11.9 Å². The number of benzene rings is 1. The van der Waals surface area contributed by atoms with Gasteiger partial charge in [0.05, 0.1) is 30.0 Å². The number of carbonyl (C=O) groups is 1. The fourth-order valence-corrected chi connectivity index (χ4v) is 3.66. The lowest BCUT2D eigenvalue weighted by Gasteiger charge is -2.08.